The number of nitrogens with zero attached hydrogens (tertiary/aromatic N) is 2. The number of amides is 1. The van der Waals surface area contributed by atoms with E-state index < -0.39 is 0 Å². The van der Waals surface area contributed by atoms with Gasteiger partial charge in [0.2, 0.25) is 0 Å². The fourth-order valence-electron chi connectivity index (χ4n) is 3.32. The minimum absolute atomic E-state index is 0.101. The van der Waals surface area contributed by atoms with Gasteiger partial charge in [0.15, 0.2) is 0 Å². The standard InChI is InChI=1S/C26H23N3O3/c1-17(2)32-19-13-11-18(12-14-19)16-27-29-26(31)22-15-24(21-8-4-6-10-25(21)30)28-23-9-5-3-7-20(22)23/h3-17,30H,1-2H3,(H,29,31)/b27-16-. The molecule has 32 heavy (non-hydrogen) atoms. The van der Waals surface area contributed by atoms with Crippen LogP contribution in [0.25, 0.3) is 22.2 Å². The first-order valence-electron chi connectivity index (χ1n) is 10.3. The van der Waals surface area contributed by atoms with Crippen molar-refractivity contribution in [3.8, 4) is 22.8 Å². The number of ether oxygens (including phenoxy) is 1. The monoisotopic (exact) mass is 425 g/mol. The highest BCUT2D eigenvalue weighted by molar-refractivity contribution is 6.07. The number of pyridine rings is 1. The highest BCUT2D eigenvalue weighted by atomic mass is 16.5. The third kappa shape index (κ3) is 4.75. The van der Waals surface area contributed by atoms with Crippen LogP contribution in [0.1, 0.15) is 29.8 Å². The number of benzene rings is 3. The van der Waals surface area contributed by atoms with E-state index in [-0.39, 0.29) is 17.8 Å². The molecule has 0 unspecified atom stereocenters. The molecule has 0 saturated heterocycles. The van der Waals surface area contributed by atoms with Gasteiger partial charge in [-0.3, -0.25) is 4.79 Å². The zero-order valence-electron chi connectivity index (χ0n) is 17.8. The summed E-state index contributed by atoms with van der Waals surface area (Å²) in [5.41, 5.74) is 5.56. The van der Waals surface area contributed by atoms with Crippen LogP contribution in [-0.2, 0) is 0 Å². The van der Waals surface area contributed by atoms with Gasteiger partial charge >= 0.3 is 0 Å². The van der Waals surface area contributed by atoms with Crippen molar-refractivity contribution in [3.05, 3.63) is 90.0 Å². The number of phenols is 1. The second-order valence-corrected chi connectivity index (χ2v) is 7.52. The van der Waals surface area contributed by atoms with Crippen LogP contribution >= 0.6 is 0 Å². The van der Waals surface area contributed by atoms with Crippen molar-refractivity contribution in [2.75, 3.05) is 0 Å². The number of carbonyl (C=O) groups excluding carboxylic acids is 1. The van der Waals surface area contributed by atoms with E-state index in [9.17, 15) is 9.90 Å². The molecule has 1 amide bonds. The van der Waals surface area contributed by atoms with Crippen LogP contribution in [0.3, 0.4) is 0 Å². The smallest absolute Gasteiger partial charge is 0.272 e. The predicted molar refractivity (Wildman–Crippen MR) is 126 cm³/mol. The van der Waals surface area contributed by atoms with E-state index in [1.165, 1.54) is 0 Å². The Hall–Kier alpha value is -4.19. The van der Waals surface area contributed by atoms with Gasteiger partial charge in [-0.05, 0) is 67.9 Å². The quantitative estimate of drug-likeness (QED) is 0.330. The van der Waals surface area contributed by atoms with E-state index in [1.54, 1.807) is 30.5 Å². The third-order valence-electron chi connectivity index (χ3n) is 4.77. The summed E-state index contributed by atoms with van der Waals surface area (Å²) in [5.74, 6) is 0.516. The lowest BCUT2D eigenvalue weighted by Crippen LogP contribution is -2.18. The van der Waals surface area contributed by atoms with Crippen LogP contribution in [0.5, 0.6) is 11.5 Å². The normalized spacial score (nSPS) is 11.2. The molecule has 0 radical (unpaired) electrons. The second-order valence-electron chi connectivity index (χ2n) is 7.52. The van der Waals surface area contributed by atoms with E-state index in [2.05, 4.69) is 15.5 Å². The number of hydrazone groups is 1. The summed E-state index contributed by atoms with van der Waals surface area (Å²) in [5, 5.41) is 15.0. The van der Waals surface area contributed by atoms with Gasteiger partial charge in [0.05, 0.1) is 29.1 Å². The Morgan fingerprint density at radius 2 is 1.75 bits per heavy atom. The topological polar surface area (TPSA) is 83.8 Å². The van der Waals surface area contributed by atoms with Gasteiger partial charge in [-0.15, -0.1) is 0 Å². The maximum atomic E-state index is 13.0. The van der Waals surface area contributed by atoms with Crippen LogP contribution in [0, 0.1) is 0 Å². The molecule has 6 heteroatoms. The van der Waals surface area contributed by atoms with E-state index in [1.807, 2.05) is 68.4 Å². The molecule has 0 bridgehead atoms. The van der Waals surface area contributed by atoms with Crippen molar-refractivity contribution < 1.29 is 14.6 Å². The molecule has 6 nitrogen and oxygen atoms in total. The van der Waals surface area contributed by atoms with E-state index in [4.69, 9.17) is 4.74 Å². The van der Waals surface area contributed by atoms with Crippen molar-refractivity contribution >= 4 is 23.0 Å². The van der Waals surface area contributed by atoms with Gasteiger partial charge in [0.25, 0.3) is 5.91 Å². The van der Waals surface area contributed by atoms with Crippen LogP contribution < -0.4 is 10.2 Å². The number of nitrogens with one attached hydrogen (secondary N) is 1. The molecule has 1 heterocycles. The summed E-state index contributed by atoms with van der Waals surface area (Å²) in [6, 6.07) is 23.4. The third-order valence-corrected chi connectivity index (χ3v) is 4.77. The van der Waals surface area contributed by atoms with Crippen LogP contribution in [0.2, 0.25) is 0 Å². The number of para-hydroxylation sites is 2. The minimum Gasteiger partial charge on any atom is -0.507 e. The summed E-state index contributed by atoms with van der Waals surface area (Å²) >= 11 is 0. The molecular formula is C26H23N3O3. The first kappa shape index (κ1) is 21.1. The maximum absolute atomic E-state index is 13.0. The molecule has 0 saturated carbocycles. The summed E-state index contributed by atoms with van der Waals surface area (Å²) in [7, 11) is 0. The molecular weight excluding hydrogens is 402 g/mol. The Balaban J connectivity index is 1.59. The van der Waals surface area contributed by atoms with Gasteiger partial charge in [0.1, 0.15) is 11.5 Å². The molecule has 1 aromatic heterocycles. The fraction of sp³-hybridized carbons (Fsp3) is 0.115. The summed E-state index contributed by atoms with van der Waals surface area (Å²) in [6.07, 6.45) is 1.68. The number of aromatic hydroxyl groups is 1. The summed E-state index contributed by atoms with van der Waals surface area (Å²) < 4.78 is 5.63. The van der Waals surface area contributed by atoms with Gasteiger partial charge in [-0.1, -0.05) is 30.3 Å². The first-order valence-corrected chi connectivity index (χ1v) is 10.3. The van der Waals surface area contributed by atoms with E-state index in [0.717, 1.165) is 11.3 Å². The van der Waals surface area contributed by atoms with Gasteiger partial charge in [-0.25, -0.2) is 10.4 Å². The molecule has 0 aliphatic rings. The molecule has 0 fully saturated rings. The zero-order chi connectivity index (χ0) is 22.5. The van der Waals surface area contributed by atoms with Gasteiger partial charge < -0.3 is 9.84 Å². The molecule has 0 aliphatic carbocycles. The van der Waals surface area contributed by atoms with Crippen molar-refractivity contribution in [1.82, 2.24) is 10.4 Å². The molecule has 160 valence electrons. The van der Waals surface area contributed by atoms with Crippen molar-refractivity contribution in [3.63, 3.8) is 0 Å². The number of fused-ring (bicyclic) bond motifs is 1. The van der Waals surface area contributed by atoms with Crippen molar-refractivity contribution in [2.24, 2.45) is 5.10 Å². The highest BCUT2D eigenvalue weighted by Crippen LogP contribution is 2.30. The van der Waals surface area contributed by atoms with Crippen LogP contribution in [0.15, 0.2) is 84.0 Å². The Bertz CT molecular complexity index is 1280. The number of rotatable bonds is 6. The number of phenolic OH excluding ortho intramolecular Hbond substituents is 1. The largest absolute Gasteiger partial charge is 0.507 e. The van der Waals surface area contributed by atoms with Gasteiger partial charge in [0, 0.05) is 10.9 Å². The van der Waals surface area contributed by atoms with Crippen molar-refractivity contribution in [2.45, 2.75) is 20.0 Å². The lowest BCUT2D eigenvalue weighted by molar-refractivity contribution is 0.0956. The zero-order valence-corrected chi connectivity index (χ0v) is 17.8. The number of hydrogen-bond donors (Lipinski definition) is 2. The van der Waals surface area contributed by atoms with Crippen molar-refractivity contribution in [1.29, 1.82) is 0 Å². The Morgan fingerprint density at radius 3 is 2.50 bits per heavy atom. The molecule has 0 atom stereocenters. The molecule has 0 aliphatic heterocycles. The second kappa shape index (κ2) is 9.31. The number of aromatic nitrogens is 1. The maximum Gasteiger partial charge on any atom is 0.272 e. The lowest BCUT2D eigenvalue weighted by Gasteiger charge is -2.10. The van der Waals surface area contributed by atoms with E-state index >= 15 is 0 Å². The number of hydrogen-bond acceptors (Lipinski definition) is 5. The Labute approximate surface area is 186 Å². The summed E-state index contributed by atoms with van der Waals surface area (Å²) in [6.45, 7) is 3.94. The van der Waals surface area contributed by atoms with Crippen LogP contribution in [0.4, 0.5) is 0 Å². The average Bonchev–Trinajstić information content (AvgIpc) is 2.79. The Kier molecular flexibility index (Phi) is 6.12. The molecule has 4 rings (SSSR count). The van der Waals surface area contributed by atoms with Crippen LogP contribution in [-0.4, -0.2) is 28.3 Å². The van der Waals surface area contributed by atoms with Gasteiger partial charge in [-0.2, -0.15) is 5.10 Å². The SMILES string of the molecule is CC(C)Oc1ccc(/C=N\NC(=O)c2cc(-c3ccccc3O)nc3ccccc23)cc1. The molecule has 2 N–H and O–H groups in total. The minimum atomic E-state index is -0.365. The molecule has 3 aromatic carbocycles. The fourth-order valence-corrected chi connectivity index (χ4v) is 3.32. The highest BCUT2D eigenvalue weighted by Gasteiger charge is 2.15. The first-order chi connectivity index (χ1) is 15.5. The molecule has 0 spiro atoms. The summed E-state index contributed by atoms with van der Waals surface area (Å²) in [4.78, 5) is 17.6. The lowest BCUT2D eigenvalue weighted by atomic mass is 10.0. The Morgan fingerprint density at radius 1 is 1.03 bits per heavy atom. The average molecular weight is 425 g/mol. The van der Waals surface area contributed by atoms with E-state index in [0.29, 0.717) is 27.7 Å². The number of carbonyl (C=O) groups is 1. The molecule has 4 aromatic rings. The predicted octanol–water partition coefficient (Wildman–Crippen LogP) is 5.16.